The van der Waals surface area contributed by atoms with Gasteiger partial charge in [-0.2, -0.15) is 0 Å². The highest BCUT2D eigenvalue weighted by atomic mass is 16.5. The van der Waals surface area contributed by atoms with Crippen molar-refractivity contribution in [3.8, 4) is 0 Å². The summed E-state index contributed by atoms with van der Waals surface area (Å²) in [5, 5.41) is 2.84. The summed E-state index contributed by atoms with van der Waals surface area (Å²) >= 11 is 0. The first-order chi connectivity index (χ1) is 6.11. The molecule has 1 N–H and O–H groups in total. The highest BCUT2D eigenvalue weighted by molar-refractivity contribution is 5.79. The third-order valence-electron chi connectivity index (χ3n) is 2.28. The van der Waals surface area contributed by atoms with Crippen molar-refractivity contribution < 1.29 is 9.53 Å². The van der Waals surface area contributed by atoms with Crippen molar-refractivity contribution in [2.24, 2.45) is 5.92 Å². The van der Waals surface area contributed by atoms with Gasteiger partial charge in [0.2, 0.25) is 5.91 Å². The minimum absolute atomic E-state index is 0.0272. The second-order valence-corrected chi connectivity index (χ2v) is 3.65. The molecule has 0 aromatic carbocycles. The van der Waals surface area contributed by atoms with Crippen LogP contribution in [-0.2, 0) is 9.53 Å². The number of hydrogen-bond acceptors (Lipinski definition) is 2. The Morgan fingerprint density at radius 1 is 1.69 bits per heavy atom. The van der Waals surface area contributed by atoms with Crippen LogP contribution in [-0.4, -0.2) is 25.2 Å². The second kappa shape index (κ2) is 4.42. The Labute approximate surface area is 79.2 Å². The molecule has 0 aromatic rings. The lowest BCUT2D eigenvalue weighted by Crippen LogP contribution is -2.34. The second-order valence-electron chi connectivity index (χ2n) is 3.65. The Morgan fingerprint density at radius 3 is 2.85 bits per heavy atom. The first-order valence-electron chi connectivity index (χ1n) is 4.65. The van der Waals surface area contributed by atoms with Crippen molar-refractivity contribution in [2.45, 2.75) is 26.4 Å². The normalized spacial score (nSPS) is 27.2. The summed E-state index contributed by atoms with van der Waals surface area (Å²) in [5.74, 6) is 0.118. The Morgan fingerprint density at radius 2 is 2.38 bits per heavy atom. The maximum atomic E-state index is 11.5. The van der Waals surface area contributed by atoms with E-state index in [1.165, 1.54) is 0 Å². The van der Waals surface area contributed by atoms with Gasteiger partial charge in [0, 0.05) is 13.2 Å². The fraction of sp³-hybridized carbons (Fsp3) is 0.700. The SMILES string of the molecule is C=C(C)CNC(=O)C1CCOC1C. The molecule has 1 rings (SSSR count). The molecule has 0 aromatic heterocycles. The molecule has 1 aliphatic rings. The van der Waals surface area contributed by atoms with Crippen molar-refractivity contribution in [3.63, 3.8) is 0 Å². The highest BCUT2D eigenvalue weighted by Crippen LogP contribution is 2.20. The number of ether oxygens (including phenoxy) is 1. The summed E-state index contributed by atoms with van der Waals surface area (Å²) in [6.07, 6.45) is 0.897. The van der Waals surface area contributed by atoms with Gasteiger partial charge in [-0.1, -0.05) is 12.2 Å². The third-order valence-corrected chi connectivity index (χ3v) is 2.28. The molecular formula is C10H17NO2. The van der Waals surface area contributed by atoms with Crippen LogP contribution >= 0.6 is 0 Å². The molecule has 13 heavy (non-hydrogen) atoms. The Balaban J connectivity index is 2.34. The summed E-state index contributed by atoms with van der Waals surface area (Å²) < 4.78 is 5.31. The van der Waals surface area contributed by atoms with Gasteiger partial charge in [0.1, 0.15) is 0 Å². The van der Waals surface area contributed by atoms with E-state index in [0.29, 0.717) is 13.2 Å². The molecule has 1 aliphatic heterocycles. The summed E-state index contributed by atoms with van der Waals surface area (Å²) in [7, 11) is 0. The summed E-state index contributed by atoms with van der Waals surface area (Å²) in [6, 6.07) is 0. The van der Waals surface area contributed by atoms with Gasteiger partial charge in [-0.3, -0.25) is 4.79 Å². The monoisotopic (exact) mass is 183 g/mol. The molecule has 0 aliphatic carbocycles. The molecule has 0 saturated carbocycles. The highest BCUT2D eigenvalue weighted by Gasteiger charge is 2.30. The topological polar surface area (TPSA) is 38.3 Å². The number of hydrogen-bond donors (Lipinski definition) is 1. The molecule has 1 amide bonds. The Bertz CT molecular complexity index is 213. The van der Waals surface area contributed by atoms with Crippen LogP contribution in [0.2, 0.25) is 0 Å². The van der Waals surface area contributed by atoms with Crippen molar-refractivity contribution in [3.05, 3.63) is 12.2 Å². The van der Waals surface area contributed by atoms with E-state index in [-0.39, 0.29) is 17.9 Å². The van der Waals surface area contributed by atoms with E-state index in [1.807, 2.05) is 13.8 Å². The molecule has 1 fully saturated rings. The molecule has 3 heteroatoms. The zero-order valence-corrected chi connectivity index (χ0v) is 8.30. The fourth-order valence-electron chi connectivity index (χ4n) is 1.45. The first kappa shape index (κ1) is 10.3. The van der Waals surface area contributed by atoms with Crippen molar-refractivity contribution >= 4 is 5.91 Å². The van der Waals surface area contributed by atoms with Crippen molar-refractivity contribution in [1.82, 2.24) is 5.32 Å². The molecule has 2 unspecified atom stereocenters. The number of carbonyl (C=O) groups excluding carboxylic acids is 1. The lowest BCUT2D eigenvalue weighted by Gasteiger charge is -2.13. The lowest BCUT2D eigenvalue weighted by atomic mass is 10.0. The smallest absolute Gasteiger partial charge is 0.226 e. The average molecular weight is 183 g/mol. The predicted octanol–water partition coefficient (Wildman–Crippen LogP) is 1.10. The average Bonchev–Trinajstić information content (AvgIpc) is 2.47. The number of amides is 1. The molecule has 1 heterocycles. The van der Waals surface area contributed by atoms with Gasteiger partial charge in [0.25, 0.3) is 0 Å². The van der Waals surface area contributed by atoms with Crippen LogP contribution in [0.15, 0.2) is 12.2 Å². The van der Waals surface area contributed by atoms with Gasteiger partial charge in [-0.25, -0.2) is 0 Å². The van der Waals surface area contributed by atoms with Crippen LogP contribution in [0.3, 0.4) is 0 Å². The largest absolute Gasteiger partial charge is 0.378 e. The molecule has 1 saturated heterocycles. The van der Waals surface area contributed by atoms with Gasteiger partial charge in [-0.15, -0.1) is 0 Å². The van der Waals surface area contributed by atoms with Crippen LogP contribution in [0, 0.1) is 5.92 Å². The van der Waals surface area contributed by atoms with E-state index >= 15 is 0 Å². The van der Waals surface area contributed by atoms with Crippen LogP contribution in [0.4, 0.5) is 0 Å². The number of nitrogens with one attached hydrogen (secondary N) is 1. The van der Waals surface area contributed by atoms with Crippen LogP contribution in [0.1, 0.15) is 20.3 Å². The van der Waals surface area contributed by atoms with E-state index in [9.17, 15) is 4.79 Å². The van der Waals surface area contributed by atoms with Crippen LogP contribution in [0.25, 0.3) is 0 Å². The molecule has 0 bridgehead atoms. The molecule has 3 nitrogen and oxygen atoms in total. The number of rotatable bonds is 3. The predicted molar refractivity (Wildman–Crippen MR) is 51.3 cm³/mol. The molecule has 2 atom stereocenters. The summed E-state index contributed by atoms with van der Waals surface area (Å²) in [6.45, 7) is 8.84. The van der Waals surface area contributed by atoms with E-state index in [0.717, 1.165) is 12.0 Å². The lowest BCUT2D eigenvalue weighted by molar-refractivity contribution is -0.126. The zero-order valence-electron chi connectivity index (χ0n) is 8.30. The molecule has 0 radical (unpaired) electrons. The quantitative estimate of drug-likeness (QED) is 0.665. The Hall–Kier alpha value is -0.830. The minimum Gasteiger partial charge on any atom is -0.378 e. The van der Waals surface area contributed by atoms with Gasteiger partial charge >= 0.3 is 0 Å². The summed E-state index contributed by atoms with van der Waals surface area (Å²) in [4.78, 5) is 11.5. The van der Waals surface area contributed by atoms with Crippen LogP contribution < -0.4 is 5.32 Å². The van der Waals surface area contributed by atoms with Crippen LogP contribution in [0.5, 0.6) is 0 Å². The van der Waals surface area contributed by atoms with E-state index in [4.69, 9.17) is 4.74 Å². The standard InChI is InChI=1S/C10H17NO2/c1-7(2)6-11-10(12)9-4-5-13-8(9)3/h8-9H,1,4-6H2,2-3H3,(H,11,12). The Kier molecular flexibility index (Phi) is 3.48. The van der Waals surface area contributed by atoms with Gasteiger partial charge in [0.15, 0.2) is 0 Å². The summed E-state index contributed by atoms with van der Waals surface area (Å²) in [5.41, 5.74) is 0.972. The third kappa shape index (κ3) is 2.84. The van der Waals surface area contributed by atoms with Gasteiger partial charge in [0.05, 0.1) is 12.0 Å². The fourth-order valence-corrected chi connectivity index (χ4v) is 1.45. The number of carbonyl (C=O) groups is 1. The van der Waals surface area contributed by atoms with Gasteiger partial charge in [-0.05, 0) is 20.3 Å². The molecule has 74 valence electrons. The molecular weight excluding hydrogens is 166 g/mol. The minimum atomic E-state index is 0.0272. The maximum Gasteiger partial charge on any atom is 0.226 e. The zero-order chi connectivity index (χ0) is 9.84. The van der Waals surface area contributed by atoms with Crippen molar-refractivity contribution in [1.29, 1.82) is 0 Å². The first-order valence-corrected chi connectivity index (χ1v) is 4.65. The van der Waals surface area contributed by atoms with E-state index in [1.54, 1.807) is 0 Å². The molecule has 0 spiro atoms. The maximum absolute atomic E-state index is 11.5. The van der Waals surface area contributed by atoms with Gasteiger partial charge < -0.3 is 10.1 Å². The van der Waals surface area contributed by atoms with Crippen molar-refractivity contribution in [2.75, 3.05) is 13.2 Å². The van der Waals surface area contributed by atoms with E-state index < -0.39 is 0 Å². The van der Waals surface area contributed by atoms with E-state index in [2.05, 4.69) is 11.9 Å².